The maximum atomic E-state index is 13.4. The molecular formula is C17H15F2N3O. The van der Waals surface area contributed by atoms with E-state index >= 15 is 0 Å². The van der Waals surface area contributed by atoms with Gasteiger partial charge in [-0.05, 0) is 30.2 Å². The lowest BCUT2D eigenvalue weighted by Gasteiger charge is -2.08. The largest absolute Gasteiger partial charge is 0.361 e. The summed E-state index contributed by atoms with van der Waals surface area (Å²) in [5, 5.41) is 6.12. The first-order valence-corrected chi connectivity index (χ1v) is 7.18. The number of H-pyrrole nitrogens is 1. The number of carbonyl (C=O) groups excluding carboxylic acids is 1. The molecule has 0 spiro atoms. The number of fused-ring (bicyclic) bond motifs is 1. The fourth-order valence-electron chi connectivity index (χ4n) is 2.41. The minimum absolute atomic E-state index is 0.0593. The lowest BCUT2D eigenvalue weighted by molar-refractivity contribution is 0.252. The number of carbonyl (C=O) groups is 1. The van der Waals surface area contributed by atoms with Crippen LogP contribution in [0.25, 0.3) is 10.9 Å². The number of aromatic nitrogens is 1. The van der Waals surface area contributed by atoms with Gasteiger partial charge in [0.25, 0.3) is 0 Å². The average molecular weight is 315 g/mol. The molecule has 0 radical (unpaired) electrons. The minimum Gasteiger partial charge on any atom is -0.361 e. The van der Waals surface area contributed by atoms with Crippen LogP contribution in [0.1, 0.15) is 5.56 Å². The van der Waals surface area contributed by atoms with E-state index in [2.05, 4.69) is 15.6 Å². The molecule has 0 bridgehead atoms. The number of rotatable bonds is 4. The lowest BCUT2D eigenvalue weighted by Crippen LogP contribution is -2.30. The quantitative estimate of drug-likeness (QED) is 0.674. The number of halogens is 2. The summed E-state index contributed by atoms with van der Waals surface area (Å²) in [6.45, 7) is 0.399. The lowest BCUT2D eigenvalue weighted by atomic mass is 10.1. The van der Waals surface area contributed by atoms with Gasteiger partial charge < -0.3 is 15.6 Å². The molecule has 2 aromatic carbocycles. The predicted octanol–water partition coefficient (Wildman–Crippen LogP) is 3.81. The van der Waals surface area contributed by atoms with Crippen LogP contribution in [-0.2, 0) is 6.42 Å². The molecule has 0 saturated carbocycles. The number of aromatic amines is 1. The number of hydrogen-bond acceptors (Lipinski definition) is 1. The van der Waals surface area contributed by atoms with E-state index in [0.717, 1.165) is 28.6 Å². The number of para-hydroxylation sites is 1. The van der Waals surface area contributed by atoms with Crippen LogP contribution in [-0.4, -0.2) is 17.6 Å². The third kappa shape index (κ3) is 3.48. The van der Waals surface area contributed by atoms with Crippen LogP contribution in [0.4, 0.5) is 19.3 Å². The van der Waals surface area contributed by atoms with E-state index in [1.807, 2.05) is 30.5 Å². The smallest absolute Gasteiger partial charge is 0.319 e. The van der Waals surface area contributed by atoms with Gasteiger partial charge in [0, 0.05) is 29.7 Å². The van der Waals surface area contributed by atoms with Crippen molar-refractivity contribution in [1.82, 2.24) is 10.3 Å². The van der Waals surface area contributed by atoms with Crippen molar-refractivity contribution < 1.29 is 13.6 Å². The van der Waals surface area contributed by atoms with Gasteiger partial charge >= 0.3 is 6.03 Å². The summed E-state index contributed by atoms with van der Waals surface area (Å²) in [6.07, 6.45) is 2.55. The van der Waals surface area contributed by atoms with E-state index in [9.17, 15) is 13.6 Å². The highest BCUT2D eigenvalue weighted by molar-refractivity contribution is 5.89. The zero-order valence-electron chi connectivity index (χ0n) is 12.2. The Kier molecular flexibility index (Phi) is 4.23. The summed E-state index contributed by atoms with van der Waals surface area (Å²) < 4.78 is 26.2. The molecule has 23 heavy (non-hydrogen) atoms. The third-order valence-corrected chi connectivity index (χ3v) is 3.53. The first-order chi connectivity index (χ1) is 11.1. The highest BCUT2D eigenvalue weighted by atomic mass is 19.1. The first-order valence-electron chi connectivity index (χ1n) is 7.18. The number of anilines is 1. The average Bonchev–Trinajstić information content (AvgIpc) is 2.94. The van der Waals surface area contributed by atoms with Crippen LogP contribution >= 0.6 is 0 Å². The number of nitrogens with one attached hydrogen (secondary N) is 3. The minimum atomic E-state index is -0.809. The van der Waals surface area contributed by atoms with E-state index in [1.165, 1.54) is 6.07 Å². The van der Waals surface area contributed by atoms with Crippen molar-refractivity contribution in [1.29, 1.82) is 0 Å². The summed E-state index contributed by atoms with van der Waals surface area (Å²) in [5.41, 5.74) is 2.07. The topological polar surface area (TPSA) is 56.9 Å². The van der Waals surface area contributed by atoms with E-state index in [4.69, 9.17) is 0 Å². The van der Waals surface area contributed by atoms with Gasteiger partial charge in [-0.15, -0.1) is 0 Å². The van der Waals surface area contributed by atoms with E-state index in [1.54, 1.807) is 0 Å². The Morgan fingerprint density at radius 3 is 2.78 bits per heavy atom. The Morgan fingerprint density at radius 1 is 1.13 bits per heavy atom. The van der Waals surface area contributed by atoms with Crippen molar-refractivity contribution in [2.45, 2.75) is 6.42 Å². The molecule has 0 aliphatic heterocycles. The molecule has 0 saturated heterocycles. The second kappa shape index (κ2) is 6.48. The molecule has 1 aromatic heterocycles. The Bertz CT molecular complexity index is 845. The van der Waals surface area contributed by atoms with Gasteiger partial charge in [0.1, 0.15) is 11.6 Å². The maximum Gasteiger partial charge on any atom is 0.319 e. The molecule has 0 atom stereocenters. The Morgan fingerprint density at radius 2 is 1.96 bits per heavy atom. The Balaban J connectivity index is 1.55. The molecule has 0 aliphatic carbocycles. The highest BCUT2D eigenvalue weighted by Crippen LogP contribution is 2.18. The zero-order chi connectivity index (χ0) is 16.2. The molecule has 4 nitrogen and oxygen atoms in total. The Hall–Kier alpha value is -2.89. The maximum absolute atomic E-state index is 13.4. The standard InChI is InChI=1S/C17H15F2N3O/c18-12-5-6-16(14(19)9-12)22-17(23)20-8-7-11-10-21-15-4-2-1-3-13(11)15/h1-6,9-10,21H,7-8H2,(H2,20,22,23). The van der Waals surface area contributed by atoms with Gasteiger partial charge in [0.2, 0.25) is 0 Å². The molecule has 3 rings (SSSR count). The van der Waals surface area contributed by atoms with E-state index in [0.29, 0.717) is 13.0 Å². The summed E-state index contributed by atoms with van der Waals surface area (Å²) >= 11 is 0. The fraction of sp³-hybridized carbons (Fsp3) is 0.118. The third-order valence-electron chi connectivity index (χ3n) is 3.53. The summed E-state index contributed by atoms with van der Waals surface area (Å²) in [6, 6.07) is 10.4. The second-order valence-electron chi connectivity index (χ2n) is 5.11. The van der Waals surface area contributed by atoms with Crippen molar-refractivity contribution in [3.63, 3.8) is 0 Å². The molecule has 0 fully saturated rings. The van der Waals surface area contributed by atoms with Crippen molar-refractivity contribution in [2.24, 2.45) is 0 Å². The van der Waals surface area contributed by atoms with Gasteiger partial charge in [-0.1, -0.05) is 18.2 Å². The summed E-state index contributed by atoms with van der Waals surface area (Å²) in [4.78, 5) is 14.9. The van der Waals surface area contributed by atoms with Crippen LogP contribution < -0.4 is 10.6 Å². The van der Waals surface area contributed by atoms with Crippen molar-refractivity contribution in [2.75, 3.05) is 11.9 Å². The number of urea groups is 1. The van der Waals surface area contributed by atoms with Crippen molar-refractivity contribution >= 4 is 22.6 Å². The number of hydrogen-bond donors (Lipinski definition) is 3. The molecule has 118 valence electrons. The molecular weight excluding hydrogens is 300 g/mol. The molecule has 0 aliphatic rings. The van der Waals surface area contributed by atoms with Gasteiger partial charge in [-0.3, -0.25) is 0 Å². The number of benzene rings is 2. The number of amides is 2. The normalized spacial score (nSPS) is 10.7. The first kappa shape index (κ1) is 15.0. The van der Waals surface area contributed by atoms with E-state index in [-0.39, 0.29) is 5.69 Å². The molecule has 0 unspecified atom stereocenters. The van der Waals surface area contributed by atoms with E-state index < -0.39 is 17.7 Å². The van der Waals surface area contributed by atoms with Gasteiger partial charge in [-0.25, -0.2) is 13.6 Å². The zero-order valence-corrected chi connectivity index (χ0v) is 12.2. The fourth-order valence-corrected chi connectivity index (χ4v) is 2.41. The van der Waals surface area contributed by atoms with Crippen LogP contribution in [0.5, 0.6) is 0 Å². The van der Waals surface area contributed by atoms with Crippen LogP contribution in [0.3, 0.4) is 0 Å². The van der Waals surface area contributed by atoms with Crippen molar-refractivity contribution in [3.05, 3.63) is 65.9 Å². The molecule has 6 heteroatoms. The monoisotopic (exact) mass is 315 g/mol. The molecule has 1 heterocycles. The molecule has 2 amide bonds. The van der Waals surface area contributed by atoms with Gasteiger partial charge in [0.05, 0.1) is 5.69 Å². The molecule has 3 aromatic rings. The summed E-state index contributed by atoms with van der Waals surface area (Å²) in [5.74, 6) is -1.50. The van der Waals surface area contributed by atoms with Gasteiger partial charge in [0.15, 0.2) is 0 Å². The van der Waals surface area contributed by atoms with Crippen LogP contribution in [0.2, 0.25) is 0 Å². The van der Waals surface area contributed by atoms with Gasteiger partial charge in [-0.2, -0.15) is 0 Å². The van der Waals surface area contributed by atoms with Crippen LogP contribution in [0.15, 0.2) is 48.7 Å². The molecule has 3 N–H and O–H groups in total. The predicted molar refractivity (Wildman–Crippen MR) is 85.4 cm³/mol. The second-order valence-corrected chi connectivity index (χ2v) is 5.11. The van der Waals surface area contributed by atoms with Crippen LogP contribution in [0, 0.1) is 11.6 Å². The SMILES string of the molecule is O=C(NCCc1c[nH]c2ccccc12)Nc1ccc(F)cc1F. The summed E-state index contributed by atoms with van der Waals surface area (Å²) in [7, 11) is 0. The highest BCUT2D eigenvalue weighted by Gasteiger charge is 2.08. The Labute approximate surface area is 131 Å². The van der Waals surface area contributed by atoms with Crippen molar-refractivity contribution in [3.8, 4) is 0 Å².